The predicted molar refractivity (Wildman–Crippen MR) is 73.4 cm³/mol. The van der Waals surface area contributed by atoms with Gasteiger partial charge in [-0.05, 0) is 24.3 Å². The highest BCUT2D eigenvalue weighted by atomic mass is 35.5. The first-order valence-electron chi connectivity index (χ1n) is 5.63. The third-order valence-corrected chi connectivity index (χ3v) is 4.94. The number of nitrogens with zero attached hydrogens (tertiary/aromatic N) is 1. The maximum atomic E-state index is 12.5. The average Bonchev–Trinajstić information content (AvgIpc) is 2.78. The lowest BCUT2D eigenvalue weighted by molar-refractivity contribution is 0.0696. The fraction of sp³-hybridized carbons (Fsp3) is 0. The minimum Gasteiger partial charge on any atom is -0.478 e. The number of nitrogens with one attached hydrogen (secondary N) is 1. The van der Waals surface area contributed by atoms with Crippen molar-refractivity contribution in [3.63, 3.8) is 0 Å². The number of aromatic carboxylic acids is 1. The van der Waals surface area contributed by atoms with Crippen molar-refractivity contribution in [3.8, 4) is 0 Å². The Balaban J connectivity index is 2.32. The van der Waals surface area contributed by atoms with Crippen LogP contribution >= 0.6 is 11.6 Å². The van der Waals surface area contributed by atoms with Gasteiger partial charge in [0.2, 0.25) is 0 Å². The van der Waals surface area contributed by atoms with Gasteiger partial charge < -0.3 is 10.4 Å². The largest absolute Gasteiger partial charge is 0.478 e. The zero-order valence-electron chi connectivity index (χ0n) is 10.2. The van der Waals surface area contributed by atoms with Gasteiger partial charge in [-0.15, -0.1) is 0 Å². The number of benzene rings is 1. The van der Waals surface area contributed by atoms with Crippen LogP contribution in [0.5, 0.6) is 0 Å². The molecule has 0 spiro atoms. The minimum absolute atomic E-state index is 0.0836. The van der Waals surface area contributed by atoms with Crippen LogP contribution in [-0.2, 0) is 10.0 Å². The van der Waals surface area contributed by atoms with Crippen LogP contribution in [0, 0.1) is 0 Å². The van der Waals surface area contributed by atoms with Crippen LogP contribution in [0.3, 0.4) is 0 Å². The van der Waals surface area contributed by atoms with Crippen molar-refractivity contribution in [1.82, 2.24) is 3.97 Å². The predicted octanol–water partition coefficient (Wildman–Crippen LogP) is 1.64. The number of hydrogen-bond acceptors (Lipinski definition) is 4. The van der Waals surface area contributed by atoms with Crippen molar-refractivity contribution in [1.29, 1.82) is 0 Å². The summed E-state index contributed by atoms with van der Waals surface area (Å²) >= 11 is 5.75. The fourth-order valence-electron chi connectivity index (χ4n) is 2.06. The van der Waals surface area contributed by atoms with Gasteiger partial charge in [-0.25, -0.2) is 17.2 Å². The summed E-state index contributed by atoms with van der Waals surface area (Å²) in [4.78, 5) is 22.8. The first-order chi connectivity index (χ1) is 9.80. The van der Waals surface area contributed by atoms with E-state index in [1.165, 1.54) is 6.07 Å². The lowest BCUT2D eigenvalue weighted by Gasteiger charge is -2.08. The summed E-state index contributed by atoms with van der Waals surface area (Å²) in [6, 6.07) is 4.61. The summed E-state index contributed by atoms with van der Waals surface area (Å²) in [5.74, 6) is -1.91. The van der Waals surface area contributed by atoms with Gasteiger partial charge >= 0.3 is 5.97 Å². The maximum absolute atomic E-state index is 12.5. The van der Waals surface area contributed by atoms with Gasteiger partial charge in [0.1, 0.15) is 10.6 Å². The zero-order chi connectivity index (χ0) is 15.4. The van der Waals surface area contributed by atoms with Crippen molar-refractivity contribution < 1.29 is 23.1 Å². The van der Waals surface area contributed by atoms with Gasteiger partial charge in [-0.3, -0.25) is 4.79 Å². The monoisotopic (exact) mass is 326 g/mol. The van der Waals surface area contributed by atoms with Crippen LogP contribution in [-0.4, -0.2) is 29.4 Å². The molecule has 2 N–H and O–H groups in total. The van der Waals surface area contributed by atoms with Crippen molar-refractivity contribution >= 4 is 39.2 Å². The highest BCUT2D eigenvalue weighted by Crippen LogP contribution is 2.31. The van der Waals surface area contributed by atoms with E-state index in [0.717, 1.165) is 28.4 Å². The number of anilines is 1. The van der Waals surface area contributed by atoms with Crippen LogP contribution in [0.1, 0.15) is 20.8 Å². The first-order valence-corrected chi connectivity index (χ1v) is 7.44. The second-order valence-corrected chi connectivity index (χ2v) is 6.53. The van der Waals surface area contributed by atoms with Gasteiger partial charge in [0.15, 0.2) is 0 Å². The number of carboxylic acids is 1. The highest BCUT2D eigenvalue weighted by Gasteiger charge is 2.31. The molecular weight excluding hydrogens is 320 g/mol. The number of aromatic nitrogens is 1. The normalized spacial score (nSPS) is 15.6. The van der Waals surface area contributed by atoms with Gasteiger partial charge in [0.25, 0.3) is 15.9 Å². The van der Waals surface area contributed by atoms with Gasteiger partial charge in [-0.2, -0.15) is 0 Å². The van der Waals surface area contributed by atoms with E-state index in [2.05, 4.69) is 5.32 Å². The molecule has 0 unspecified atom stereocenters. The van der Waals surface area contributed by atoms with Crippen LogP contribution in [0.2, 0.25) is 5.02 Å². The third kappa shape index (κ3) is 1.99. The number of carbonyl (C=O) groups excluding carboxylic acids is 1. The summed E-state index contributed by atoms with van der Waals surface area (Å²) in [7, 11) is -4.04. The van der Waals surface area contributed by atoms with Crippen LogP contribution in [0.4, 0.5) is 5.69 Å². The van der Waals surface area contributed by atoms with Gasteiger partial charge in [0, 0.05) is 6.20 Å². The standard InChI is InChI=1S/C12H7ClN2O5S/c13-7-4-9-11(16)14-8-3-6(12(17)18)1-2-10(8)21(19,20)15(9)5-7/h1-5H,(H,14,16)(H,17,18). The number of halogens is 1. The number of carboxylic acid groups (broad SMARTS) is 1. The maximum Gasteiger partial charge on any atom is 0.335 e. The van der Waals surface area contributed by atoms with Crippen molar-refractivity contribution in [3.05, 3.63) is 46.7 Å². The molecule has 2 aromatic rings. The Morgan fingerprint density at radius 2 is 2.00 bits per heavy atom. The van der Waals surface area contributed by atoms with Crippen LogP contribution in [0.15, 0.2) is 35.4 Å². The average molecular weight is 327 g/mol. The molecule has 1 aliphatic heterocycles. The van der Waals surface area contributed by atoms with E-state index in [1.807, 2.05) is 0 Å². The Morgan fingerprint density at radius 3 is 2.67 bits per heavy atom. The molecule has 1 aromatic carbocycles. The minimum atomic E-state index is -4.04. The van der Waals surface area contributed by atoms with Crippen molar-refractivity contribution in [2.24, 2.45) is 0 Å². The Bertz CT molecular complexity index is 900. The molecule has 9 heteroatoms. The molecule has 0 atom stereocenters. The summed E-state index contributed by atoms with van der Waals surface area (Å²) in [6.07, 6.45) is 1.12. The molecule has 0 saturated carbocycles. The SMILES string of the molecule is O=C(O)c1ccc2c(c1)NC(=O)c1cc(Cl)cn1S2(=O)=O. The summed E-state index contributed by atoms with van der Waals surface area (Å²) in [6.45, 7) is 0. The molecule has 108 valence electrons. The number of carbonyl (C=O) groups is 2. The van der Waals surface area contributed by atoms with Crippen molar-refractivity contribution in [2.45, 2.75) is 4.90 Å². The highest BCUT2D eigenvalue weighted by molar-refractivity contribution is 7.90. The lowest BCUT2D eigenvalue weighted by atomic mass is 10.2. The third-order valence-electron chi connectivity index (χ3n) is 3.00. The summed E-state index contributed by atoms with van der Waals surface area (Å²) in [5, 5.41) is 11.4. The fourth-order valence-corrected chi connectivity index (χ4v) is 3.80. The molecule has 1 aromatic heterocycles. The molecule has 21 heavy (non-hydrogen) atoms. The lowest BCUT2D eigenvalue weighted by Crippen LogP contribution is -2.16. The molecule has 3 rings (SSSR count). The van der Waals surface area contributed by atoms with E-state index >= 15 is 0 Å². The molecule has 1 aliphatic rings. The summed E-state index contributed by atoms with van der Waals surface area (Å²) in [5.41, 5.74) is -0.360. The van der Waals surface area contributed by atoms with E-state index < -0.39 is 21.9 Å². The van der Waals surface area contributed by atoms with E-state index in [-0.39, 0.29) is 26.9 Å². The van der Waals surface area contributed by atoms with E-state index in [0.29, 0.717) is 0 Å². The molecule has 0 fully saturated rings. The Morgan fingerprint density at radius 1 is 1.29 bits per heavy atom. The molecule has 0 aliphatic carbocycles. The van der Waals surface area contributed by atoms with Crippen molar-refractivity contribution in [2.75, 3.05) is 5.32 Å². The number of amides is 1. The smallest absolute Gasteiger partial charge is 0.335 e. The van der Waals surface area contributed by atoms with Gasteiger partial charge in [0.05, 0.1) is 16.3 Å². The molecule has 0 saturated heterocycles. The Labute approximate surface area is 123 Å². The Kier molecular flexibility index (Phi) is 2.82. The summed E-state index contributed by atoms with van der Waals surface area (Å²) < 4.78 is 25.8. The van der Waals surface area contributed by atoms with Crippen LogP contribution < -0.4 is 5.32 Å². The molecule has 0 bridgehead atoms. The Hall–Kier alpha value is -2.32. The molecule has 0 radical (unpaired) electrons. The van der Waals surface area contributed by atoms with Crippen LogP contribution in [0.25, 0.3) is 0 Å². The molecule has 2 heterocycles. The van der Waals surface area contributed by atoms with E-state index in [1.54, 1.807) is 0 Å². The number of rotatable bonds is 1. The second kappa shape index (κ2) is 4.34. The number of hydrogen-bond donors (Lipinski definition) is 2. The molecule has 1 amide bonds. The topological polar surface area (TPSA) is 105 Å². The van der Waals surface area contributed by atoms with E-state index in [4.69, 9.17) is 16.7 Å². The quantitative estimate of drug-likeness (QED) is 0.828. The van der Waals surface area contributed by atoms with E-state index in [9.17, 15) is 18.0 Å². The molecular formula is C12H7ClN2O5S. The number of fused-ring (bicyclic) bond motifs is 2. The first kappa shape index (κ1) is 13.7. The second-order valence-electron chi connectivity index (χ2n) is 4.31. The van der Waals surface area contributed by atoms with Gasteiger partial charge in [-0.1, -0.05) is 11.6 Å². The molecule has 7 nitrogen and oxygen atoms in total. The zero-order valence-corrected chi connectivity index (χ0v) is 11.8.